The Bertz CT molecular complexity index is 1550. The van der Waals surface area contributed by atoms with Gasteiger partial charge in [0.25, 0.3) is 11.8 Å². The Morgan fingerprint density at radius 1 is 1.00 bits per heavy atom. The molecule has 0 radical (unpaired) electrons. The maximum Gasteiger partial charge on any atom is 0.275 e. The van der Waals surface area contributed by atoms with Crippen LogP contribution in [0.4, 0.5) is 5.69 Å². The number of benzene rings is 2. The number of aromatic nitrogens is 4. The minimum atomic E-state index is -0.235. The molecule has 5 aromatic rings. The number of piperidine rings is 1. The molecule has 1 aliphatic rings. The largest absolute Gasteiger partial charge is 0.339 e. The molecule has 4 heterocycles. The lowest BCUT2D eigenvalue weighted by Crippen LogP contribution is -2.37. The Kier molecular flexibility index (Phi) is 5.42. The van der Waals surface area contributed by atoms with Crippen LogP contribution in [-0.4, -0.2) is 50.1 Å². The maximum atomic E-state index is 12.9. The highest BCUT2D eigenvalue weighted by Gasteiger charge is 2.27. The average Bonchev–Trinajstić information content (AvgIpc) is 3.58. The van der Waals surface area contributed by atoms with Gasteiger partial charge in [-0.2, -0.15) is 0 Å². The van der Waals surface area contributed by atoms with Crippen LogP contribution in [0.15, 0.2) is 64.7 Å². The van der Waals surface area contributed by atoms with E-state index in [1.807, 2.05) is 35.2 Å². The number of pyridine rings is 1. The number of amides is 2. The number of rotatable bonds is 4. The lowest BCUT2D eigenvalue weighted by molar-refractivity contribution is 0.0713. The number of hydrogen-bond acceptors (Lipinski definition) is 8. The Labute approximate surface area is 203 Å². The number of hydrogen-bond donors (Lipinski definition) is 1. The van der Waals surface area contributed by atoms with Gasteiger partial charge in [0.05, 0.1) is 10.5 Å². The van der Waals surface area contributed by atoms with Crippen LogP contribution in [0.3, 0.4) is 0 Å². The molecule has 9 nitrogen and oxygen atoms in total. The highest BCUT2D eigenvalue weighted by molar-refractivity contribution is 7.10. The van der Waals surface area contributed by atoms with Crippen molar-refractivity contribution in [2.45, 2.75) is 18.8 Å². The molecule has 6 rings (SSSR count). The summed E-state index contributed by atoms with van der Waals surface area (Å²) in [5.74, 6) is -0.0428. The standard InChI is InChI=1S/C25H20N6O3S/c32-23(27-18-4-6-19-16(12-18)2-1-9-26-19)22-14-35-24(28-22)15-7-10-31(11-8-15)25(33)17-3-5-20-21(13-17)30-34-29-20/h1-6,9,12-15H,7-8,10-11H2,(H,27,32). The second-order valence-corrected chi connectivity index (χ2v) is 9.36. The van der Waals surface area contributed by atoms with Gasteiger partial charge in [0.15, 0.2) is 0 Å². The lowest BCUT2D eigenvalue weighted by Gasteiger charge is -2.31. The summed E-state index contributed by atoms with van der Waals surface area (Å²) in [5.41, 5.74) is 3.76. The fourth-order valence-corrected chi connectivity index (χ4v) is 5.33. The van der Waals surface area contributed by atoms with Crippen molar-refractivity contribution in [1.82, 2.24) is 25.2 Å². The summed E-state index contributed by atoms with van der Waals surface area (Å²) in [6.45, 7) is 1.26. The van der Waals surface area contributed by atoms with E-state index in [9.17, 15) is 9.59 Å². The Morgan fingerprint density at radius 3 is 2.71 bits per heavy atom. The molecule has 2 aromatic carbocycles. The SMILES string of the molecule is O=C(Nc1ccc2ncccc2c1)c1csc(C2CCN(C(=O)c3ccc4nonc4c3)CC2)n1. The van der Waals surface area contributed by atoms with Crippen molar-refractivity contribution >= 4 is 50.8 Å². The first-order valence-corrected chi connectivity index (χ1v) is 12.2. The number of likely N-dealkylation sites (tertiary alicyclic amines) is 1. The van der Waals surface area contributed by atoms with E-state index >= 15 is 0 Å². The van der Waals surface area contributed by atoms with E-state index in [0.717, 1.165) is 28.8 Å². The zero-order chi connectivity index (χ0) is 23.8. The van der Waals surface area contributed by atoms with Crippen molar-refractivity contribution < 1.29 is 14.2 Å². The van der Waals surface area contributed by atoms with E-state index in [2.05, 4.69) is 25.6 Å². The smallest absolute Gasteiger partial charge is 0.275 e. The van der Waals surface area contributed by atoms with Gasteiger partial charge >= 0.3 is 0 Å². The molecule has 1 N–H and O–H groups in total. The Morgan fingerprint density at radius 2 is 1.83 bits per heavy atom. The van der Waals surface area contributed by atoms with E-state index in [-0.39, 0.29) is 17.7 Å². The lowest BCUT2D eigenvalue weighted by atomic mass is 9.97. The first-order valence-electron chi connectivity index (χ1n) is 11.3. The highest BCUT2D eigenvalue weighted by atomic mass is 32.1. The second-order valence-electron chi connectivity index (χ2n) is 8.47. The molecular weight excluding hydrogens is 464 g/mol. The van der Waals surface area contributed by atoms with Crippen LogP contribution in [0.5, 0.6) is 0 Å². The van der Waals surface area contributed by atoms with Crippen LogP contribution in [0.1, 0.15) is 44.6 Å². The van der Waals surface area contributed by atoms with Crippen LogP contribution in [0.2, 0.25) is 0 Å². The molecular formula is C25H20N6O3S. The molecule has 0 atom stereocenters. The molecule has 174 valence electrons. The second kappa shape index (κ2) is 8.88. The number of carbonyl (C=O) groups excluding carboxylic acids is 2. The molecule has 0 saturated carbocycles. The molecule has 1 fully saturated rings. The molecule has 0 bridgehead atoms. The summed E-state index contributed by atoms with van der Waals surface area (Å²) < 4.78 is 4.72. The number of anilines is 1. The van der Waals surface area contributed by atoms with Crippen molar-refractivity contribution in [3.8, 4) is 0 Å². The third-order valence-electron chi connectivity index (χ3n) is 6.25. The summed E-state index contributed by atoms with van der Waals surface area (Å²) >= 11 is 1.49. The molecule has 1 saturated heterocycles. The quantitative estimate of drug-likeness (QED) is 0.399. The van der Waals surface area contributed by atoms with Crippen molar-refractivity contribution in [3.63, 3.8) is 0 Å². The summed E-state index contributed by atoms with van der Waals surface area (Å²) in [6, 6.07) is 14.6. The third kappa shape index (κ3) is 4.24. The van der Waals surface area contributed by atoms with Gasteiger partial charge in [0, 0.05) is 47.2 Å². The minimum absolute atomic E-state index is 0.0295. The number of carbonyl (C=O) groups is 2. The van der Waals surface area contributed by atoms with Crippen LogP contribution in [-0.2, 0) is 0 Å². The average molecular weight is 485 g/mol. The van der Waals surface area contributed by atoms with Gasteiger partial charge in [-0.1, -0.05) is 6.07 Å². The van der Waals surface area contributed by atoms with E-state index < -0.39 is 0 Å². The number of fused-ring (bicyclic) bond motifs is 2. The molecule has 35 heavy (non-hydrogen) atoms. The van der Waals surface area contributed by atoms with Crippen molar-refractivity contribution in [1.29, 1.82) is 0 Å². The summed E-state index contributed by atoms with van der Waals surface area (Å²) in [5, 5.41) is 14.2. The van der Waals surface area contributed by atoms with Gasteiger partial charge in [-0.05, 0) is 65.6 Å². The van der Waals surface area contributed by atoms with E-state index in [1.54, 1.807) is 29.8 Å². The van der Waals surface area contributed by atoms with Gasteiger partial charge in [0.2, 0.25) is 0 Å². The Hall–Kier alpha value is -4.18. The van der Waals surface area contributed by atoms with E-state index in [0.29, 0.717) is 41.1 Å². The summed E-state index contributed by atoms with van der Waals surface area (Å²) in [4.78, 5) is 36.5. The molecule has 0 spiro atoms. The number of nitrogens with zero attached hydrogens (tertiary/aromatic N) is 5. The fraction of sp³-hybridized carbons (Fsp3) is 0.200. The van der Waals surface area contributed by atoms with E-state index in [4.69, 9.17) is 4.63 Å². The predicted octanol–water partition coefficient (Wildman–Crippen LogP) is 4.50. The van der Waals surface area contributed by atoms with Gasteiger partial charge in [-0.15, -0.1) is 11.3 Å². The monoisotopic (exact) mass is 484 g/mol. The zero-order valence-electron chi connectivity index (χ0n) is 18.5. The van der Waals surface area contributed by atoms with Gasteiger partial charge < -0.3 is 10.2 Å². The van der Waals surface area contributed by atoms with Gasteiger partial charge in [-0.3, -0.25) is 14.6 Å². The zero-order valence-corrected chi connectivity index (χ0v) is 19.4. The molecule has 1 aliphatic heterocycles. The summed E-state index contributed by atoms with van der Waals surface area (Å²) in [6.07, 6.45) is 3.34. The van der Waals surface area contributed by atoms with Crippen LogP contribution in [0.25, 0.3) is 21.9 Å². The van der Waals surface area contributed by atoms with Gasteiger partial charge in [0.1, 0.15) is 16.7 Å². The molecule has 10 heteroatoms. The van der Waals surface area contributed by atoms with Crippen molar-refractivity contribution in [3.05, 3.63) is 76.4 Å². The van der Waals surface area contributed by atoms with Crippen LogP contribution < -0.4 is 5.32 Å². The molecule has 0 aliphatic carbocycles. The first kappa shape index (κ1) is 21.4. The fourth-order valence-electron chi connectivity index (χ4n) is 4.36. The highest BCUT2D eigenvalue weighted by Crippen LogP contribution is 2.31. The van der Waals surface area contributed by atoms with Crippen LogP contribution in [0, 0.1) is 0 Å². The van der Waals surface area contributed by atoms with Crippen molar-refractivity contribution in [2.24, 2.45) is 0 Å². The minimum Gasteiger partial charge on any atom is -0.339 e. The molecule has 3 aromatic heterocycles. The predicted molar refractivity (Wildman–Crippen MR) is 131 cm³/mol. The molecule has 2 amide bonds. The molecule has 0 unspecified atom stereocenters. The topological polar surface area (TPSA) is 114 Å². The number of thiazole rings is 1. The van der Waals surface area contributed by atoms with Crippen molar-refractivity contribution in [2.75, 3.05) is 18.4 Å². The normalized spacial score (nSPS) is 14.5. The third-order valence-corrected chi connectivity index (χ3v) is 7.25. The summed E-state index contributed by atoms with van der Waals surface area (Å²) in [7, 11) is 0. The van der Waals surface area contributed by atoms with E-state index in [1.165, 1.54) is 11.3 Å². The van der Waals surface area contributed by atoms with Crippen LogP contribution >= 0.6 is 11.3 Å². The van der Waals surface area contributed by atoms with Gasteiger partial charge in [-0.25, -0.2) is 9.61 Å². The Balaban J connectivity index is 1.08. The first-order chi connectivity index (χ1) is 17.1. The maximum absolute atomic E-state index is 12.9. The number of nitrogens with one attached hydrogen (secondary N) is 1.